The Morgan fingerprint density at radius 2 is 1.41 bits per heavy atom. The Morgan fingerprint density at radius 3 is 1.92 bits per heavy atom. The van der Waals surface area contributed by atoms with Gasteiger partial charge in [-0.15, -0.1) is 0 Å². The van der Waals surface area contributed by atoms with Crippen LogP contribution >= 0.6 is 0 Å². The Morgan fingerprint density at radius 1 is 0.846 bits per heavy atom. The van der Waals surface area contributed by atoms with Crippen molar-refractivity contribution in [3.05, 3.63) is 72.2 Å². The monoisotopic (exact) mass is 563 g/mol. The van der Waals surface area contributed by atoms with Crippen molar-refractivity contribution in [3.8, 4) is 11.3 Å². The first-order valence-corrected chi connectivity index (χ1v) is 10.8. The third kappa shape index (κ3) is 13.6. The molecule has 2 heterocycles. The number of hydrogen-bond donors (Lipinski definition) is 5. The van der Waals surface area contributed by atoms with Crippen LogP contribution in [0, 0.1) is 0 Å². The minimum atomic E-state index is -5.08. The summed E-state index contributed by atoms with van der Waals surface area (Å²) in [6.45, 7) is 2.15. The van der Waals surface area contributed by atoms with Gasteiger partial charge in [0.05, 0.1) is 11.4 Å². The molecule has 0 atom stereocenters. The number of aromatic amines is 1. The van der Waals surface area contributed by atoms with Gasteiger partial charge in [-0.05, 0) is 31.2 Å². The van der Waals surface area contributed by atoms with Crippen molar-refractivity contribution in [1.29, 1.82) is 0 Å². The van der Waals surface area contributed by atoms with E-state index < -0.39 is 24.3 Å². The Hall–Kier alpha value is -4.47. The molecule has 0 fully saturated rings. The van der Waals surface area contributed by atoms with E-state index in [-0.39, 0.29) is 5.91 Å². The molecular formula is C23H23F6N5O5. The second-order valence-electron chi connectivity index (χ2n) is 7.25. The SMILES string of the molecule is O=C(NCCCNCc1ccccn1)c1cc(-c2ccccc2)n[nH]1.O=C(O)C(F)(F)F.O=C(O)C(F)(F)F. The molecule has 0 aliphatic rings. The maximum absolute atomic E-state index is 12.1. The molecule has 212 valence electrons. The van der Waals surface area contributed by atoms with Crippen molar-refractivity contribution in [1.82, 2.24) is 25.8 Å². The standard InChI is InChI=1S/C19H21N5O.2C2HF3O2/c25-19(18-13-17(23-24-18)15-7-2-1-3-8-15)22-12-6-10-20-14-16-9-4-5-11-21-16;2*3-2(4,5)1(6)7/h1-5,7-9,11,13,20H,6,10,12,14H2,(H,22,25)(H,23,24);2*(H,6,7). The highest BCUT2D eigenvalue weighted by Crippen LogP contribution is 2.17. The van der Waals surface area contributed by atoms with Crippen molar-refractivity contribution in [2.45, 2.75) is 25.3 Å². The molecule has 5 N–H and O–H groups in total. The summed E-state index contributed by atoms with van der Waals surface area (Å²) >= 11 is 0. The maximum Gasteiger partial charge on any atom is 0.490 e. The van der Waals surface area contributed by atoms with E-state index in [1.807, 2.05) is 48.5 Å². The number of nitrogens with zero attached hydrogens (tertiary/aromatic N) is 2. The lowest BCUT2D eigenvalue weighted by molar-refractivity contribution is -0.193. The number of carbonyl (C=O) groups is 3. The highest BCUT2D eigenvalue weighted by molar-refractivity contribution is 5.93. The number of pyridine rings is 1. The molecule has 0 aliphatic carbocycles. The molecule has 0 saturated heterocycles. The summed E-state index contributed by atoms with van der Waals surface area (Å²) in [6.07, 6.45) is -7.54. The number of halogens is 6. The van der Waals surface area contributed by atoms with Gasteiger partial charge in [0.2, 0.25) is 0 Å². The number of rotatable bonds is 8. The lowest BCUT2D eigenvalue weighted by atomic mass is 10.1. The van der Waals surface area contributed by atoms with Crippen molar-refractivity contribution >= 4 is 17.8 Å². The van der Waals surface area contributed by atoms with Crippen LogP contribution in [-0.2, 0) is 16.1 Å². The predicted molar refractivity (Wildman–Crippen MR) is 124 cm³/mol. The summed E-state index contributed by atoms with van der Waals surface area (Å²) in [7, 11) is 0. The molecule has 1 aromatic carbocycles. The van der Waals surface area contributed by atoms with Crippen molar-refractivity contribution < 1.29 is 50.9 Å². The second kappa shape index (κ2) is 15.7. The summed E-state index contributed by atoms with van der Waals surface area (Å²) in [5.74, 6) is -5.65. The van der Waals surface area contributed by atoms with E-state index in [1.54, 1.807) is 12.3 Å². The molecule has 0 bridgehead atoms. The molecule has 3 rings (SSSR count). The van der Waals surface area contributed by atoms with Crippen molar-refractivity contribution in [2.75, 3.05) is 13.1 Å². The van der Waals surface area contributed by atoms with E-state index in [9.17, 15) is 31.1 Å². The topological polar surface area (TPSA) is 157 Å². The molecule has 0 aliphatic heterocycles. The molecule has 0 unspecified atom stereocenters. The first-order chi connectivity index (χ1) is 18.2. The van der Waals surface area contributed by atoms with E-state index >= 15 is 0 Å². The van der Waals surface area contributed by atoms with Gasteiger partial charge in [-0.3, -0.25) is 14.9 Å². The number of nitrogens with one attached hydrogen (secondary N) is 3. The normalized spacial score (nSPS) is 10.8. The molecule has 0 saturated carbocycles. The van der Waals surface area contributed by atoms with E-state index in [1.165, 1.54) is 0 Å². The zero-order chi connectivity index (χ0) is 29.5. The fourth-order valence-corrected chi connectivity index (χ4v) is 2.42. The number of H-pyrrole nitrogens is 1. The van der Waals surface area contributed by atoms with Crippen LogP contribution < -0.4 is 10.6 Å². The van der Waals surface area contributed by atoms with Gasteiger partial charge >= 0.3 is 24.3 Å². The first-order valence-electron chi connectivity index (χ1n) is 10.8. The van der Waals surface area contributed by atoms with E-state index in [2.05, 4.69) is 25.8 Å². The van der Waals surface area contributed by atoms with Crippen LogP contribution in [0.4, 0.5) is 26.3 Å². The zero-order valence-corrected chi connectivity index (χ0v) is 19.9. The largest absolute Gasteiger partial charge is 0.490 e. The number of alkyl halides is 6. The number of aliphatic carboxylic acids is 2. The number of amides is 1. The highest BCUT2D eigenvalue weighted by Gasteiger charge is 2.38. The van der Waals surface area contributed by atoms with E-state index in [0.717, 1.165) is 36.5 Å². The van der Waals surface area contributed by atoms with Crippen LogP contribution in [0.1, 0.15) is 22.6 Å². The average Bonchev–Trinajstić information content (AvgIpc) is 3.37. The van der Waals surface area contributed by atoms with Crippen molar-refractivity contribution in [3.63, 3.8) is 0 Å². The quantitative estimate of drug-likeness (QED) is 0.205. The second-order valence-corrected chi connectivity index (χ2v) is 7.25. The number of aromatic nitrogens is 3. The molecule has 0 spiro atoms. The zero-order valence-electron chi connectivity index (χ0n) is 19.9. The average molecular weight is 563 g/mol. The summed E-state index contributed by atoms with van der Waals surface area (Å²) in [5.41, 5.74) is 3.23. The number of carbonyl (C=O) groups excluding carboxylic acids is 1. The van der Waals surface area contributed by atoms with Gasteiger partial charge < -0.3 is 20.8 Å². The molecule has 1 amide bonds. The smallest absolute Gasteiger partial charge is 0.475 e. The Labute approximate surface area is 217 Å². The molecule has 39 heavy (non-hydrogen) atoms. The van der Waals surface area contributed by atoms with Crippen LogP contribution in [0.5, 0.6) is 0 Å². The van der Waals surface area contributed by atoms with Gasteiger partial charge in [0, 0.05) is 24.8 Å². The van der Waals surface area contributed by atoms with Crippen LogP contribution in [0.15, 0.2) is 60.8 Å². The van der Waals surface area contributed by atoms with E-state index in [0.29, 0.717) is 12.2 Å². The summed E-state index contributed by atoms with van der Waals surface area (Å²) < 4.78 is 63.5. The van der Waals surface area contributed by atoms with Crippen LogP contribution in [-0.4, -0.2) is 68.7 Å². The van der Waals surface area contributed by atoms with Crippen LogP contribution in [0.3, 0.4) is 0 Å². The summed E-state index contributed by atoms with van der Waals surface area (Å²) in [5, 5.41) is 27.4. The summed E-state index contributed by atoms with van der Waals surface area (Å²) in [6, 6.07) is 17.4. The molecular weight excluding hydrogens is 540 g/mol. The minimum absolute atomic E-state index is 0.139. The minimum Gasteiger partial charge on any atom is -0.475 e. The van der Waals surface area contributed by atoms with Crippen LogP contribution in [0.25, 0.3) is 11.3 Å². The number of benzene rings is 1. The highest BCUT2D eigenvalue weighted by atomic mass is 19.4. The number of hydrogen-bond acceptors (Lipinski definition) is 6. The van der Waals surface area contributed by atoms with Gasteiger partial charge in [0.15, 0.2) is 0 Å². The molecule has 3 aromatic rings. The fourth-order valence-electron chi connectivity index (χ4n) is 2.42. The van der Waals surface area contributed by atoms with Gasteiger partial charge in [-0.2, -0.15) is 31.4 Å². The summed E-state index contributed by atoms with van der Waals surface area (Å²) in [4.78, 5) is 34.2. The molecule has 0 radical (unpaired) electrons. The number of carboxylic acids is 2. The van der Waals surface area contributed by atoms with Crippen LogP contribution in [0.2, 0.25) is 0 Å². The molecule has 16 heteroatoms. The maximum atomic E-state index is 12.1. The van der Waals surface area contributed by atoms with Crippen molar-refractivity contribution in [2.24, 2.45) is 0 Å². The lowest BCUT2D eigenvalue weighted by Gasteiger charge is -2.05. The molecule has 10 nitrogen and oxygen atoms in total. The molecule has 2 aromatic heterocycles. The Balaban J connectivity index is 0.000000449. The Kier molecular flexibility index (Phi) is 13.1. The van der Waals surface area contributed by atoms with Gasteiger partial charge in [0.1, 0.15) is 5.69 Å². The van der Waals surface area contributed by atoms with Gasteiger partial charge in [0.25, 0.3) is 5.91 Å². The predicted octanol–water partition coefficient (Wildman–Crippen LogP) is 3.65. The first kappa shape index (κ1) is 32.6. The number of carboxylic acid groups (broad SMARTS) is 2. The fraction of sp³-hybridized carbons (Fsp3) is 0.261. The van der Waals surface area contributed by atoms with Gasteiger partial charge in [-0.1, -0.05) is 36.4 Å². The van der Waals surface area contributed by atoms with Gasteiger partial charge in [-0.25, -0.2) is 9.59 Å². The van der Waals surface area contributed by atoms with E-state index in [4.69, 9.17) is 19.8 Å². The lowest BCUT2D eigenvalue weighted by Crippen LogP contribution is -2.27. The third-order valence-electron chi connectivity index (χ3n) is 4.23. The third-order valence-corrected chi connectivity index (χ3v) is 4.23. The Bertz CT molecular complexity index is 1150.